The third-order valence-corrected chi connectivity index (χ3v) is 2.29. The standard InChI is InChI=1S/C9H13NO3/c1-7(6-11)10-5-3-2-4-8(10)9(12)13/h6,8H,1-5H2,(H,12,13). The summed E-state index contributed by atoms with van der Waals surface area (Å²) >= 11 is 0. The number of allylic oxidation sites excluding steroid dienone is 1. The second kappa shape index (κ2) is 4.07. The average molecular weight is 183 g/mol. The SMILES string of the molecule is C=C(C=O)N1CCCCC1C(=O)O. The van der Waals surface area contributed by atoms with E-state index in [1.807, 2.05) is 0 Å². The molecule has 0 aromatic heterocycles. The van der Waals surface area contributed by atoms with Gasteiger partial charge in [-0.25, -0.2) is 4.79 Å². The first-order valence-electron chi connectivity index (χ1n) is 4.30. The minimum absolute atomic E-state index is 0.270. The van der Waals surface area contributed by atoms with Crippen molar-refractivity contribution in [2.24, 2.45) is 0 Å². The van der Waals surface area contributed by atoms with Gasteiger partial charge in [-0.2, -0.15) is 0 Å². The first-order valence-corrected chi connectivity index (χ1v) is 4.30. The van der Waals surface area contributed by atoms with Crippen LogP contribution in [-0.2, 0) is 9.59 Å². The lowest BCUT2D eigenvalue weighted by molar-refractivity contribution is -0.143. The summed E-state index contributed by atoms with van der Waals surface area (Å²) in [5.74, 6) is -0.872. The monoisotopic (exact) mass is 183 g/mol. The molecule has 0 saturated carbocycles. The summed E-state index contributed by atoms with van der Waals surface area (Å²) in [6.45, 7) is 4.14. The van der Waals surface area contributed by atoms with E-state index < -0.39 is 12.0 Å². The number of carboxylic acid groups (broad SMARTS) is 1. The Morgan fingerprint density at radius 3 is 2.77 bits per heavy atom. The summed E-state index contributed by atoms with van der Waals surface area (Å²) in [5, 5.41) is 8.85. The van der Waals surface area contributed by atoms with Gasteiger partial charge in [-0.3, -0.25) is 4.79 Å². The molecule has 0 bridgehead atoms. The predicted octanol–water partition coefficient (Wildman–Crippen LogP) is 0.638. The Hall–Kier alpha value is -1.32. The van der Waals surface area contributed by atoms with Gasteiger partial charge in [0, 0.05) is 6.54 Å². The lowest BCUT2D eigenvalue weighted by Crippen LogP contribution is -2.43. The largest absolute Gasteiger partial charge is 0.480 e. The Morgan fingerprint density at radius 1 is 1.54 bits per heavy atom. The van der Waals surface area contributed by atoms with Gasteiger partial charge in [0.15, 0.2) is 6.29 Å². The maximum absolute atomic E-state index is 10.8. The molecule has 1 fully saturated rings. The Balaban J connectivity index is 2.72. The molecule has 1 atom stereocenters. The fourth-order valence-electron chi connectivity index (χ4n) is 1.60. The van der Waals surface area contributed by atoms with Crippen LogP contribution in [0.15, 0.2) is 12.3 Å². The van der Waals surface area contributed by atoms with Crippen LogP contribution in [-0.4, -0.2) is 34.8 Å². The molecule has 0 aliphatic carbocycles. The molecule has 1 saturated heterocycles. The van der Waals surface area contributed by atoms with E-state index in [2.05, 4.69) is 6.58 Å². The molecule has 1 heterocycles. The highest BCUT2D eigenvalue weighted by Crippen LogP contribution is 2.19. The van der Waals surface area contributed by atoms with Gasteiger partial charge in [-0.15, -0.1) is 0 Å². The van der Waals surface area contributed by atoms with Gasteiger partial charge < -0.3 is 10.0 Å². The number of piperidine rings is 1. The average Bonchev–Trinajstić information content (AvgIpc) is 2.16. The number of carbonyl (C=O) groups excluding carboxylic acids is 1. The molecule has 0 spiro atoms. The Bertz CT molecular complexity index is 237. The van der Waals surface area contributed by atoms with Crippen molar-refractivity contribution < 1.29 is 14.7 Å². The third-order valence-electron chi connectivity index (χ3n) is 2.29. The van der Waals surface area contributed by atoms with Crippen molar-refractivity contribution in [1.29, 1.82) is 0 Å². The van der Waals surface area contributed by atoms with Crippen LogP contribution in [0.5, 0.6) is 0 Å². The summed E-state index contributed by atoms with van der Waals surface area (Å²) in [5.41, 5.74) is 0.270. The molecule has 1 rings (SSSR count). The number of aldehydes is 1. The predicted molar refractivity (Wildman–Crippen MR) is 47.2 cm³/mol. The van der Waals surface area contributed by atoms with E-state index in [1.165, 1.54) is 0 Å². The summed E-state index contributed by atoms with van der Waals surface area (Å²) < 4.78 is 0. The van der Waals surface area contributed by atoms with Crippen LogP contribution in [0.4, 0.5) is 0 Å². The number of likely N-dealkylation sites (tertiary alicyclic amines) is 1. The molecule has 72 valence electrons. The number of aliphatic carboxylic acids is 1. The zero-order chi connectivity index (χ0) is 9.84. The smallest absolute Gasteiger partial charge is 0.326 e. The molecule has 4 nitrogen and oxygen atoms in total. The van der Waals surface area contributed by atoms with Crippen molar-refractivity contribution in [3.05, 3.63) is 12.3 Å². The fourth-order valence-corrected chi connectivity index (χ4v) is 1.60. The molecule has 1 N–H and O–H groups in total. The van der Waals surface area contributed by atoms with E-state index in [4.69, 9.17) is 5.11 Å². The second-order valence-corrected chi connectivity index (χ2v) is 3.15. The lowest BCUT2D eigenvalue weighted by Gasteiger charge is -2.34. The number of carboxylic acids is 1. The van der Waals surface area contributed by atoms with Crippen LogP contribution < -0.4 is 0 Å². The van der Waals surface area contributed by atoms with Crippen molar-refractivity contribution in [1.82, 2.24) is 4.90 Å². The maximum Gasteiger partial charge on any atom is 0.326 e. The molecular formula is C9H13NO3. The van der Waals surface area contributed by atoms with E-state index in [0.29, 0.717) is 19.3 Å². The molecule has 0 radical (unpaired) electrons. The van der Waals surface area contributed by atoms with Gasteiger partial charge in [0.05, 0.1) is 5.70 Å². The van der Waals surface area contributed by atoms with Crippen molar-refractivity contribution in [2.45, 2.75) is 25.3 Å². The third kappa shape index (κ3) is 2.08. The quantitative estimate of drug-likeness (QED) is 0.515. The van der Waals surface area contributed by atoms with Crippen molar-refractivity contribution in [2.75, 3.05) is 6.54 Å². The van der Waals surface area contributed by atoms with Gasteiger partial charge in [0.2, 0.25) is 0 Å². The summed E-state index contributed by atoms with van der Waals surface area (Å²) in [4.78, 5) is 22.8. The van der Waals surface area contributed by atoms with Crippen LogP contribution in [0.3, 0.4) is 0 Å². The van der Waals surface area contributed by atoms with E-state index in [9.17, 15) is 9.59 Å². The Labute approximate surface area is 76.8 Å². The molecule has 1 aliphatic rings. The molecule has 0 aromatic carbocycles. The topological polar surface area (TPSA) is 57.6 Å². The van der Waals surface area contributed by atoms with Crippen LogP contribution in [0.25, 0.3) is 0 Å². The Morgan fingerprint density at radius 2 is 2.23 bits per heavy atom. The van der Waals surface area contributed by atoms with Crippen LogP contribution in [0.1, 0.15) is 19.3 Å². The minimum atomic E-state index is -0.872. The summed E-state index contributed by atoms with van der Waals surface area (Å²) in [6, 6.07) is -0.563. The van der Waals surface area contributed by atoms with Crippen LogP contribution in [0.2, 0.25) is 0 Å². The van der Waals surface area contributed by atoms with Gasteiger partial charge in [0.25, 0.3) is 0 Å². The van der Waals surface area contributed by atoms with Crippen molar-refractivity contribution in [3.8, 4) is 0 Å². The van der Waals surface area contributed by atoms with E-state index >= 15 is 0 Å². The first kappa shape index (κ1) is 9.77. The molecule has 4 heteroatoms. The zero-order valence-electron chi connectivity index (χ0n) is 7.40. The van der Waals surface area contributed by atoms with Gasteiger partial charge in [0.1, 0.15) is 6.04 Å². The molecule has 1 unspecified atom stereocenters. The number of hydrogen-bond donors (Lipinski definition) is 1. The van der Waals surface area contributed by atoms with E-state index in [-0.39, 0.29) is 5.70 Å². The van der Waals surface area contributed by atoms with Crippen LogP contribution >= 0.6 is 0 Å². The van der Waals surface area contributed by atoms with Gasteiger partial charge in [-0.1, -0.05) is 6.58 Å². The number of rotatable bonds is 3. The van der Waals surface area contributed by atoms with Crippen molar-refractivity contribution >= 4 is 12.3 Å². The molecule has 0 amide bonds. The van der Waals surface area contributed by atoms with Gasteiger partial charge in [-0.05, 0) is 19.3 Å². The molecule has 1 aliphatic heterocycles. The second-order valence-electron chi connectivity index (χ2n) is 3.15. The van der Waals surface area contributed by atoms with E-state index in [0.717, 1.165) is 12.8 Å². The molecular weight excluding hydrogens is 170 g/mol. The number of nitrogens with zero attached hydrogens (tertiary/aromatic N) is 1. The Kier molecular flexibility index (Phi) is 3.06. The van der Waals surface area contributed by atoms with Crippen LogP contribution in [0, 0.1) is 0 Å². The molecule has 0 aromatic rings. The maximum atomic E-state index is 10.8. The first-order chi connectivity index (χ1) is 6.16. The minimum Gasteiger partial charge on any atom is -0.480 e. The number of hydrogen-bond acceptors (Lipinski definition) is 3. The highest BCUT2D eigenvalue weighted by atomic mass is 16.4. The highest BCUT2D eigenvalue weighted by Gasteiger charge is 2.28. The summed E-state index contributed by atoms with van der Waals surface area (Å²) in [7, 11) is 0. The highest BCUT2D eigenvalue weighted by molar-refractivity contribution is 5.77. The van der Waals surface area contributed by atoms with Crippen molar-refractivity contribution in [3.63, 3.8) is 0 Å². The fraction of sp³-hybridized carbons (Fsp3) is 0.556. The molecule has 13 heavy (non-hydrogen) atoms. The number of carbonyl (C=O) groups is 2. The van der Waals surface area contributed by atoms with Gasteiger partial charge >= 0.3 is 5.97 Å². The lowest BCUT2D eigenvalue weighted by atomic mass is 10.0. The normalized spacial score (nSPS) is 22.5. The van der Waals surface area contributed by atoms with E-state index in [1.54, 1.807) is 4.90 Å². The zero-order valence-corrected chi connectivity index (χ0v) is 7.40. The summed E-state index contributed by atoms with van der Waals surface area (Å²) in [6.07, 6.45) is 3.04.